The number of hydrogen-bond acceptors (Lipinski definition) is 5. The zero-order valence-corrected chi connectivity index (χ0v) is 8.70. The normalized spacial score (nSPS) is 18.6. The van der Waals surface area contributed by atoms with E-state index in [9.17, 15) is 4.79 Å². The van der Waals surface area contributed by atoms with Gasteiger partial charge in [-0.05, 0) is 12.1 Å². The van der Waals surface area contributed by atoms with Crippen LogP contribution in [0.4, 0.5) is 5.69 Å². The van der Waals surface area contributed by atoms with Crippen LogP contribution in [0.3, 0.4) is 0 Å². The van der Waals surface area contributed by atoms with E-state index in [2.05, 4.69) is 10.5 Å². The van der Waals surface area contributed by atoms with E-state index < -0.39 is 0 Å². The molecule has 1 aliphatic heterocycles. The first-order valence-electron chi connectivity index (χ1n) is 4.36. The minimum Gasteiger partial charge on any atom is -0.276 e. The Kier molecular flexibility index (Phi) is 2.89. The molecule has 1 aromatic rings. The number of carbonyl (C=O) groups is 1. The van der Waals surface area contributed by atoms with Crippen LogP contribution in [0, 0.1) is 0 Å². The van der Waals surface area contributed by atoms with Crippen molar-refractivity contribution in [3.63, 3.8) is 0 Å². The highest BCUT2D eigenvalue weighted by atomic mass is 32.2. The van der Waals surface area contributed by atoms with Gasteiger partial charge in [0, 0.05) is 0 Å². The van der Waals surface area contributed by atoms with Crippen molar-refractivity contribution in [2.75, 3.05) is 11.2 Å². The zero-order valence-electron chi connectivity index (χ0n) is 7.88. The first kappa shape index (κ1) is 10.0. The number of nitrogens with one attached hydrogen (secondary N) is 1. The third-order valence-corrected chi connectivity index (χ3v) is 2.79. The minimum atomic E-state index is -0.131. The van der Waals surface area contributed by atoms with Crippen LogP contribution in [-0.2, 0) is 4.79 Å². The molecule has 6 heteroatoms. The Bertz CT molecular complexity index is 392. The van der Waals surface area contributed by atoms with Gasteiger partial charge in [-0.3, -0.25) is 10.2 Å². The van der Waals surface area contributed by atoms with Gasteiger partial charge in [-0.2, -0.15) is 0 Å². The third kappa shape index (κ3) is 2.28. The number of thioether (sulfide) groups is 1. The topological polar surface area (TPSA) is 70.7 Å². The van der Waals surface area contributed by atoms with E-state index in [4.69, 9.17) is 5.84 Å². The van der Waals surface area contributed by atoms with E-state index in [1.165, 1.54) is 11.8 Å². The van der Waals surface area contributed by atoms with E-state index in [0.29, 0.717) is 10.9 Å². The molecule has 78 valence electrons. The molecule has 1 heterocycles. The summed E-state index contributed by atoms with van der Waals surface area (Å²) in [4.78, 5) is 11.1. The molecule has 0 spiro atoms. The van der Waals surface area contributed by atoms with Crippen LogP contribution >= 0.6 is 11.8 Å². The molecule has 0 aromatic heterocycles. The molecule has 0 saturated carbocycles. The standard InChI is InChI=1S/C9H10N4OS/c10-13-8(14)6-15-9(13)12-11-7-4-2-1-3-5-7/h1-5,11H,6,10H2/b12-9+. The second-order valence-corrected chi connectivity index (χ2v) is 3.87. The average molecular weight is 222 g/mol. The summed E-state index contributed by atoms with van der Waals surface area (Å²) in [6, 6.07) is 9.48. The number of hydrazine groups is 1. The second-order valence-electron chi connectivity index (χ2n) is 2.92. The van der Waals surface area contributed by atoms with Crippen LogP contribution < -0.4 is 11.3 Å². The summed E-state index contributed by atoms with van der Waals surface area (Å²) >= 11 is 1.32. The maximum atomic E-state index is 11.1. The van der Waals surface area contributed by atoms with E-state index in [1.54, 1.807) is 0 Å². The van der Waals surface area contributed by atoms with Crippen molar-refractivity contribution in [2.45, 2.75) is 0 Å². The molecular formula is C9H10N4OS. The Balaban J connectivity index is 2.04. The number of hydrogen-bond donors (Lipinski definition) is 2. The Hall–Kier alpha value is -1.53. The average Bonchev–Trinajstić information content (AvgIpc) is 2.59. The fourth-order valence-electron chi connectivity index (χ4n) is 1.08. The lowest BCUT2D eigenvalue weighted by Crippen LogP contribution is -2.36. The van der Waals surface area contributed by atoms with E-state index >= 15 is 0 Å². The van der Waals surface area contributed by atoms with E-state index in [-0.39, 0.29) is 5.91 Å². The van der Waals surface area contributed by atoms with Crippen molar-refractivity contribution in [3.8, 4) is 0 Å². The van der Waals surface area contributed by atoms with Gasteiger partial charge >= 0.3 is 0 Å². The SMILES string of the molecule is NN1C(=O)CS/C1=N/Nc1ccccc1. The largest absolute Gasteiger partial charge is 0.276 e. The molecule has 1 saturated heterocycles. The van der Waals surface area contributed by atoms with E-state index in [0.717, 1.165) is 10.7 Å². The van der Waals surface area contributed by atoms with Crippen molar-refractivity contribution < 1.29 is 4.79 Å². The fourth-order valence-corrected chi connectivity index (χ4v) is 1.83. The van der Waals surface area contributed by atoms with Gasteiger partial charge < -0.3 is 0 Å². The quantitative estimate of drug-likeness (QED) is 0.441. The number of anilines is 1. The number of para-hydroxylation sites is 1. The highest BCUT2D eigenvalue weighted by Gasteiger charge is 2.25. The molecule has 1 aliphatic rings. The summed E-state index contributed by atoms with van der Waals surface area (Å²) in [6.45, 7) is 0. The number of amidine groups is 1. The van der Waals surface area contributed by atoms with Gasteiger partial charge in [0.15, 0.2) is 0 Å². The lowest BCUT2D eigenvalue weighted by Gasteiger charge is -2.07. The molecule has 0 atom stereocenters. The molecule has 0 bridgehead atoms. The Morgan fingerprint density at radius 3 is 2.73 bits per heavy atom. The number of rotatable bonds is 2. The van der Waals surface area contributed by atoms with Crippen molar-refractivity contribution >= 4 is 28.5 Å². The van der Waals surface area contributed by atoms with Crippen molar-refractivity contribution in [1.82, 2.24) is 5.01 Å². The monoisotopic (exact) mass is 222 g/mol. The van der Waals surface area contributed by atoms with Crippen LogP contribution in [0.2, 0.25) is 0 Å². The summed E-state index contributed by atoms with van der Waals surface area (Å²) in [5, 5.41) is 5.58. The number of carbonyl (C=O) groups excluding carboxylic acids is 1. The minimum absolute atomic E-state index is 0.131. The van der Waals surface area contributed by atoms with E-state index in [1.807, 2.05) is 30.3 Å². The molecule has 0 radical (unpaired) electrons. The molecule has 2 rings (SSSR count). The fraction of sp³-hybridized carbons (Fsp3) is 0.111. The van der Waals surface area contributed by atoms with Gasteiger partial charge in [-0.15, -0.1) is 5.10 Å². The Morgan fingerprint density at radius 1 is 1.40 bits per heavy atom. The second kappa shape index (κ2) is 4.33. The smallest absolute Gasteiger partial charge is 0.253 e. The molecular weight excluding hydrogens is 212 g/mol. The first-order chi connectivity index (χ1) is 7.27. The summed E-state index contributed by atoms with van der Waals surface area (Å²) < 4.78 is 0. The van der Waals surface area contributed by atoms with Gasteiger partial charge in [0.2, 0.25) is 5.17 Å². The van der Waals surface area contributed by atoms with Crippen LogP contribution in [-0.4, -0.2) is 21.8 Å². The first-order valence-corrected chi connectivity index (χ1v) is 5.35. The number of benzene rings is 1. The van der Waals surface area contributed by atoms with Gasteiger partial charge in [-0.25, -0.2) is 10.9 Å². The predicted molar refractivity (Wildman–Crippen MR) is 61.0 cm³/mol. The molecule has 1 amide bonds. The molecule has 0 aliphatic carbocycles. The maximum Gasteiger partial charge on any atom is 0.253 e. The summed E-state index contributed by atoms with van der Waals surface area (Å²) in [6.07, 6.45) is 0. The molecule has 1 aromatic carbocycles. The summed E-state index contributed by atoms with van der Waals surface area (Å²) in [7, 11) is 0. The molecule has 1 fully saturated rings. The van der Waals surface area contributed by atoms with Crippen molar-refractivity contribution in [1.29, 1.82) is 0 Å². The predicted octanol–water partition coefficient (Wildman–Crippen LogP) is 0.819. The highest BCUT2D eigenvalue weighted by molar-refractivity contribution is 8.15. The van der Waals surface area contributed by atoms with Crippen LogP contribution in [0.25, 0.3) is 0 Å². The van der Waals surface area contributed by atoms with Crippen LogP contribution in [0.15, 0.2) is 35.4 Å². The van der Waals surface area contributed by atoms with Crippen molar-refractivity contribution in [3.05, 3.63) is 30.3 Å². The molecule has 0 unspecified atom stereocenters. The van der Waals surface area contributed by atoms with Gasteiger partial charge in [0.1, 0.15) is 0 Å². The molecule has 15 heavy (non-hydrogen) atoms. The van der Waals surface area contributed by atoms with Gasteiger partial charge in [-0.1, -0.05) is 30.0 Å². The maximum absolute atomic E-state index is 11.1. The number of nitrogens with two attached hydrogens (primary N) is 1. The molecule has 3 N–H and O–H groups in total. The number of hydrazone groups is 1. The highest BCUT2D eigenvalue weighted by Crippen LogP contribution is 2.16. The summed E-state index contributed by atoms with van der Waals surface area (Å²) in [5.74, 6) is 5.70. The van der Waals surface area contributed by atoms with Crippen LogP contribution in [0.5, 0.6) is 0 Å². The Morgan fingerprint density at radius 2 is 2.13 bits per heavy atom. The van der Waals surface area contributed by atoms with Crippen molar-refractivity contribution in [2.24, 2.45) is 10.9 Å². The Labute approximate surface area is 91.3 Å². The lowest BCUT2D eigenvalue weighted by molar-refractivity contribution is -0.124. The summed E-state index contributed by atoms with van der Waals surface area (Å²) in [5.41, 5.74) is 3.69. The zero-order chi connectivity index (χ0) is 10.7. The third-order valence-electron chi connectivity index (χ3n) is 1.85. The van der Waals surface area contributed by atoms with Crippen LogP contribution in [0.1, 0.15) is 0 Å². The molecule has 5 nitrogen and oxygen atoms in total. The number of amides is 1. The van der Waals surface area contributed by atoms with Gasteiger partial charge in [0.25, 0.3) is 5.91 Å². The van der Waals surface area contributed by atoms with Gasteiger partial charge in [0.05, 0.1) is 11.4 Å². The number of nitrogens with zero attached hydrogens (tertiary/aromatic N) is 2. The lowest BCUT2D eigenvalue weighted by atomic mass is 10.3.